The van der Waals surface area contributed by atoms with Crippen LogP contribution < -0.4 is 5.32 Å². The number of amides is 1. The molecule has 0 radical (unpaired) electrons. The van der Waals surface area contributed by atoms with E-state index >= 15 is 0 Å². The van der Waals surface area contributed by atoms with Crippen molar-refractivity contribution >= 4 is 27.5 Å². The molecule has 104 valence electrons. The lowest BCUT2D eigenvalue weighted by molar-refractivity contribution is 0.102. The Kier molecular flexibility index (Phi) is 3.89. The zero-order chi connectivity index (χ0) is 14.9. The first kappa shape index (κ1) is 14.3. The SMILES string of the molecule is O=C(Nc1cc(F)c(Br)cc1F)c1cccc(O)c1O. The highest BCUT2D eigenvalue weighted by molar-refractivity contribution is 9.10. The highest BCUT2D eigenvalue weighted by atomic mass is 79.9. The molecule has 0 unspecified atom stereocenters. The highest BCUT2D eigenvalue weighted by Gasteiger charge is 2.16. The van der Waals surface area contributed by atoms with Crippen LogP contribution in [-0.4, -0.2) is 16.1 Å². The third-order valence-corrected chi connectivity index (χ3v) is 3.13. The number of para-hydroxylation sites is 1. The Balaban J connectivity index is 2.33. The molecule has 0 heterocycles. The van der Waals surface area contributed by atoms with E-state index in [0.29, 0.717) is 0 Å². The molecule has 0 aliphatic rings. The summed E-state index contributed by atoms with van der Waals surface area (Å²) in [5.41, 5.74) is -0.633. The molecule has 3 N–H and O–H groups in total. The molecule has 0 saturated heterocycles. The van der Waals surface area contributed by atoms with Gasteiger partial charge in [0.1, 0.15) is 11.6 Å². The largest absolute Gasteiger partial charge is 0.504 e. The van der Waals surface area contributed by atoms with Crippen molar-refractivity contribution in [2.45, 2.75) is 0 Å². The molecule has 2 aromatic carbocycles. The van der Waals surface area contributed by atoms with Gasteiger partial charge in [-0.15, -0.1) is 0 Å². The molecular formula is C13H8BrF2NO3. The van der Waals surface area contributed by atoms with Crippen LogP contribution in [0.25, 0.3) is 0 Å². The summed E-state index contributed by atoms with van der Waals surface area (Å²) in [7, 11) is 0. The summed E-state index contributed by atoms with van der Waals surface area (Å²) in [6, 6.07) is 5.43. The van der Waals surface area contributed by atoms with Crippen LogP contribution in [0.5, 0.6) is 11.5 Å². The van der Waals surface area contributed by atoms with Crippen LogP contribution in [0.1, 0.15) is 10.4 Å². The number of hydrogen-bond acceptors (Lipinski definition) is 3. The van der Waals surface area contributed by atoms with Crippen LogP contribution in [0.15, 0.2) is 34.8 Å². The van der Waals surface area contributed by atoms with Gasteiger partial charge in [-0.1, -0.05) is 6.07 Å². The average Bonchev–Trinajstić information content (AvgIpc) is 2.39. The summed E-state index contributed by atoms with van der Waals surface area (Å²) in [5.74, 6) is -3.59. The zero-order valence-electron chi connectivity index (χ0n) is 9.82. The summed E-state index contributed by atoms with van der Waals surface area (Å²) in [6.45, 7) is 0. The van der Waals surface area contributed by atoms with E-state index in [2.05, 4.69) is 21.2 Å². The minimum Gasteiger partial charge on any atom is -0.504 e. The number of carbonyl (C=O) groups excluding carboxylic acids is 1. The molecule has 0 aliphatic heterocycles. The van der Waals surface area contributed by atoms with Gasteiger partial charge in [0.15, 0.2) is 11.5 Å². The lowest BCUT2D eigenvalue weighted by atomic mass is 10.1. The van der Waals surface area contributed by atoms with E-state index in [1.54, 1.807) is 0 Å². The average molecular weight is 344 g/mol. The molecule has 7 heteroatoms. The standard InChI is InChI=1S/C13H8BrF2NO3/c14-7-4-9(16)10(5-8(7)15)17-13(20)6-2-1-3-11(18)12(6)19/h1-5,18-19H,(H,17,20). The second-order valence-electron chi connectivity index (χ2n) is 3.87. The van der Waals surface area contributed by atoms with Gasteiger partial charge in [-0.25, -0.2) is 8.78 Å². The maximum absolute atomic E-state index is 13.6. The van der Waals surface area contributed by atoms with E-state index in [1.807, 2.05) is 0 Å². The number of benzene rings is 2. The van der Waals surface area contributed by atoms with Gasteiger partial charge in [-0.2, -0.15) is 0 Å². The Bertz CT molecular complexity index is 692. The topological polar surface area (TPSA) is 69.6 Å². The number of anilines is 1. The fraction of sp³-hybridized carbons (Fsp3) is 0. The van der Waals surface area contributed by atoms with E-state index in [-0.39, 0.29) is 15.7 Å². The number of phenols is 2. The quantitative estimate of drug-likeness (QED) is 0.578. The van der Waals surface area contributed by atoms with Crippen LogP contribution in [0, 0.1) is 11.6 Å². The summed E-state index contributed by atoms with van der Waals surface area (Å²) in [6.07, 6.45) is 0. The number of halogens is 3. The number of carbonyl (C=O) groups is 1. The third-order valence-electron chi connectivity index (χ3n) is 2.52. The monoisotopic (exact) mass is 343 g/mol. The van der Waals surface area contributed by atoms with Gasteiger partial charge in [-0.05, 0) is 34.1 Å². The molecule has 2 rings (SSSR count). The van der Waals surface area contributed by atoms with Gasteiger partial charge < -0.3 is 15.5 Å². The number of hydrogen-bond donors (Lipinski definition) is 3. The van der Waals surface area contributed by atoms with E-state index in [9.17, 15) is 23.8 Å². The summed E-state index contributed by atoms with van der Waals surface area (Å²) in [4.78, 5) is 11.9. The van der Waals surface area contributed by atoms with Crippen LogP contribution in [-0.2, 0) is 0 Å². The van der Waals surface area contributed by atoms with Crippen molar-refractivity contribution in [1.82, 2.24) is 0 Å². The molecule has 0 spiro atoms. The van der Waals surface area contributed by atoms with Gasteiger partial charge in [0.25, 0.3) is 5.91 Å². The number of rotatable bonds is 2. The van der Waals surface area contributed by atoms with Gasteiger partial charge >= 0.3 is 0 Å². The normalized spacial score (nSPS) is 10.3. The summed E-state index contributed by atoms with van der Waals surface area (Å²) in [5, 5.41) is 20.9. The van der Waals surface area contributed by atoms with Gasteiger partial charge in [0, 0.05) is 6.07 Å². The number of aromatic hydroxyl groups is 2. The summed E-state index contributed by atoms with van der Waals surface area (Å²) < 4.78 is 26.8. The van der Waals surface area contributed by atoms with Crippen LogP contribution in [0.3, 0.4) is 0 Å². The predicted molar refractivity (Wildman–Crippen MR) is 71.8 cm³/mol. The predicted octanol–water partition coefficient (Wildman–Crippen LogP) is 3.39. The Labute approximate surface area is 120 Å². The zero-order valence-corrected chi connectivity index (χ0v) is 11.4. The highest BCUT2D eigenvalue weighted by Crippen LogP contribution is 2.29. The lowest BCUT2D eigenvalue weighted by Gasteiger charge is -2.09. The number of phenolic OH excluding ortho intramolecular Hbond substituents is 2. The molecule has 0 saturated carbocycles. The van der Waals surface area contributed by atoms with Crippen LogP contribution >= 0.6 is 15.9 Å². The Morgan fingerprint density at radius 1 is 1.15 bits per heavy atom. The Hall–Kier alpha value is -2.15. The molecule has 2 aromatic rings. The van der Waals surface area contributed by atoms with Crippen molar-refractivity contribution in [3.05, 3.63) is 52.0 Å². The molecule has 20 heavy (non-hydrogen) atoms. The van der Waals surface area contributed by atoms with Gasteiger partial charge in [0.2, 0.25) is 0 Å². The fourth-order valence-electron chi connectivity index (χ4n) is 1.52. The van der Waals surface area contributed by atoms with Crippen molar-refractivity contribution < 1.29 is 23.8 Å². The van der Waals surface area contributed by atoms with Crippen LogP contribution in [0.4, 0.5) is 14.5 Å². The minimum absolute atomic E-state index is 0.0757. The first-order valence-electron chi connectivity index (χ1n) is 5.37. The molecule has 0 bridgehead atoms. The number of nitrogens with one attached hydrogen (secondary N) is 1. The van der Waals surface area contributed by atoms with Crippen molar-refractivity contribution in [2.24, 2.45) is 0 Å². The smallest absolute Gasteiger partial charge is 0.259 e. The summed E-state index contributed by atoms with van der Waals surface area (Å²) >= 11 is 2.81. The Morgan fingerprint density at radius 2 is 1.85 bits per heavy atom. The van der Waals surface area contributed by atoms with Crippen molar-refractivity contribution in [3.8, 4) is 11.5 Å². The van der Waals surface area contributed by atoms with Crippen LogP contribution in [0.2, 0.25) is 0 Å². The lowest BCUT2D eigenvalue weighted by Crippen LogP contribution is -2.13. The van der Waals surface area contributed by atoms with Crippen molar-refractivity contribution in [3.63, 3.8) is 0 Å². The van der Waals surface area contributed by atoms with E-state index in [0.717, 1.165) is 12.1 Å². The van der Waals surface area contributed by atoms with E-state index in [4.69, 9.17) is 0 Å². The van der Waals surface area contributed by atoms with Gasteiger partial charge in [0.05, 0.1) is 15.7 Å². The first-order valence-corrected chi connectivity index (χ1v) is 6.16. The van der Waals surface area contributed by atoms with Crippen molar-refractivity contribution in [2.75, 3.05) is 5.32 Å². The van der Waals surface area contributed by atoms with E-state index < -0.39 is 29.0 Å². The molecular weight excluding hydrogens is 336 g/mol. The minimum atomic E-state index is -0.876. The molecule has 4 nitrogen and oxygen atoms in total. The Morgan fingerprint density at radius 3 is 2.55 bits per heavy atom. The first-order chi connectivity index (χ1) is 9.40. The second kappa shape index (κ2) is 5.46. The third kappa shape index (κ3) is 2.72. The van der Waals surface area contributed by atoms with E-state index in [1.165, 1.54) is 18.2 Å². The molecule has 0 aliphatic carbocycles. The van der Waals surface area contributed by atoms with Crippen molar-refractivity contribution in [1.29, 1.82) is 0 Å². The maximum atomic E-state index is 13.6. The molecule has 0 aromatic heterocycles. The second-order valence-corrected chi connectivity index (χ2v) is 4.73. The maximum Gasteiger partial charge on any atom is 0.259 e. The van der Waals surface area contributed by atoms with Gasteiger partial charge in [-0.3, -0.25) is 4.79 Å². The molecule has 1 amide bonds. The fourth-order valence-corrected chi connectivity index (χ4v) is 1.84. The molecule has 0 atom stereocenters. The molecule has 0 fully saturated rings.